The molecule has 1 aromatic heterocycles. The maximum atomic E-state index is 5.79. The van der Waals surface area contributed by atoms with E-state index in [0.29, 0.717) is 11.7 Å². The Balaban J connectivity index is 2.29. The lowest BCUT2D eigenvalue weighted by Gasteiger charge is -2.19. The molecule has 0 amide bonds. The Labute approximate surface area is 90.5 Å². The van der Waals surface area contributed by atoms with Crippen LogP contribution >= 0.6 is 0 Å². The first-order valence-electron chi connectivity index (χ1n) is 5.64. The summed E-state index contributed by atoms with van der Waals surface area (Å²) in [5.74, 6) is 2.00. The van der Waals surface area contributed by atoms with Crippen LogP contribution in [-0.2, 0) is 0 Å². The van der Waals surface area contributed by atoms with E-state index in [9.17, 15) is 0 Å². The molecular weight excluding hydrogens is 188 g/mol. The molecule has 82 valence electrons. The van der Waals surface area contributed by atoms with Crippen LogP contribution in [0.15, 0.2) is 6.07 Å². The summed E-state index contributed by atoms with van der Waals surface area (Å²) in [5, 5.41) is 0. The van der Waals surface area contributed by atoms with Crippen molar-refractivity contribution in [1.29, 1.82) is 0 Å². The van der Waals surface area contributed by atoms with Gasteiger partial charge in [0.15, 0.2) is 0 Å². The molecule has 2 rings (SSSR count). The molecule has 1 heterocycles. The van der Waals surface area contributed by atoms with E-state index >= 15 is 0 Å². The second-order valence-electron chi connectivity index (χ2n) is 3.96. The van der Waals surface area contributed by atoms with E-state index in [2.05, 4.69) is 28.7 Å². The van der Waals surface area contributed by atoms with Gasteiger partial charge in [0, 0.05) is 25.1 Å². The van der Waals surface area contributed by atoms with E-state index in [0.717, 1.165) is 24.7 Å². The van der Waals surface area contributed by atoms with Crippen LogP contribution in [0.25, 0.3) is 0 Å². The van der Waals surface area contributed by atoms with E-state index in [1.807, 2.05) is 6.07 Å². The summed E-state index contributed by atoms with van der Waals surface area (Å²) in [5.41, 5.74) is 6.91. The topological polar surface area (TPSA) is 55.0 Å². The third-order valence-corrected chi connectivity index (χ3v) is 2.80. The van der Waals surface area contributed by atoms with Crippen molar-refractivity contribution < 1.29 is 0 Å². The molecule has 4 nitrogen and oxygen atoms in total. The molecule has 0 atom stereocenters. The van der Waals surface area contributed by atoms with Crippen LogP contribution in [0.4, 0.5) is 11.8 Å². The van der Waals surface area contributed by atoms with Crippen LogP contribution in [0.2, 0.25) is 0 Å². The lowest BCUT2D eigenvalue weighted by atomic mass is 10.3. The molecule has 0 aliphatic heterocycles. The van der Waals surface area contributed by atoms with E-state index in [-0.39, 0.29) is 0 Å². The zero-order chi connectivity index (χ0) is 10.8. The third-order valence-electron chi connectivity index (χ3n) is 2.80. The highest BCUT2D eigenvalue weighted by atomic mass is 15.3. The largest absolute Gasteiger partial charge is 0.384 e. The normalized spacial score (nSPS) is 15.3. The second kappa shape index (κ2) is 4.04. The lowest BCUT2D eigenvalue weighted by molar-refractivity contribution is 0.810. The van der Waals surface area contributed by atoms with Gasteiger partial charge in [0.2, 0.25) is 5.95 Å². The minimum atomic E-state index is 0.591. The number of aromatic nitrogens is 2. The molecule has 0 spiro atoms. The fourth-order valence-electron chi connectivity index (χ4n) is 1.71. The van der Waals surface area contributed by atoms with Gasteiger partial charge in [-0.05, 0) is 26.7 Å². The van der Waals surface area contributed by atoms with Gasteiger partial charge in [-0.2, -0.15) is 4.98 Å². The average Bonchev–Trinajstić information content (AvgIpc) is 3.02. The molecule has 0 bridgehead atoms. The predicted octanol–water partition coefficient (Wildman–Crippen LogP) is 1.78. The van der Waals surface area contributed by atoms with E-state index < -0.39 is 0 Å². The number of nitrogens with zero attached hydrogens (tertiary/aromatic N) is 3. The standard InChI is InChI=1S/C11H18N4/c1-3-15(4-2)11-13-9(8-5-6-8)7-10(12)14-11/h7-8H,3-6H2,1-2H3,(H2,12,13,14). The summed E-state index contributed by atoms with van der Waals surface area (Å²) in [7, 11) is 0. The summed E-state index contributed by atoms with van der Waals surface area (Å²) in [6, 6.07) is 1.91. The first-order chi connectivity index (χ1) is 7.24. The van der Waals surface area contributed by atoms with Crippen molar-refractivity contribution in [2.24, 2.45) is 0 Å². The minimum absolute atomic E-state index is 0.591. The van der Waals surface area contributed by atoms with E-state index in [1.165, 1.54) is 12.8 Å². The Bertz CT molecular complexity index is 342. The molecule has 0 saturated heterocycles. The Morgan fingerprint density at radius 3 is 2.53 bits per heavy atom. The van der Waals surface area contributed by atoms with Gasteiger partial charge in [0.05, 0.1) is 5.69 Å². The zero-order valence-electron chi connectivity index (χ0n) is 9.40. The number of nitrogen functional groups attached to an aromatic ring is 1. The molecule has 0 radical (unpaired) electrons. The van der Waals surface area contributed by atoms with Gasteiger partial charge >= 0.3 is 0 Å². The number of anilines is 2. The van der Waals surface area contributed by atoms with Crippen LogP contribution in [0.5, 0.6) is 0 Å². The molecule has 1 aliphatic carbocycles. The van der Waals surface area contributed by atoms with Crippen LogP contribution < -0.4 is 10.6 Å². The van der Waals surface area contributed by atoms with Gasteiger partial charge in [-0.15, -0.1) is 0 Å². The fourth-order valence-corrected chi connectivity index (χ4v) is 1.71. The maximum Gasteiger partial charge on any atom is 0.227 e. The van der Waals surface area contributed by atoms with Gasteiger partial charge in [-0.3, -0.25) is 0 Å². The summed E-state index contributed by atoms with van der Waals surface area (Å²) in [6.07, 6.45) is 2.49. The van der Waals surface area contributed by atoms with E-state index in [1.54, 1.807) is 0 Å². The number of hydrogen-bond donors (Lipinski definition) is 1. The number of hydrogen-bond acceptors (Lipinski definition) is 4. The third kappa shape index (κ3) is 2.19. The molecule has 1 aliphatic rings. The molecule has 2 N–H and O–H groups in total. The smallest absolute Gasteiger partial charge is 0.227 e. The zero-order valence-corrected chi connectivity index (χ0v) is 9.40. The highest BCUT2D eigenvalue weighted by Gasteiger charge is 2.26. The molecule has 15 heavy (non-hydrogen) atoms. The van der Waals surface area contributed by atoms with Crippen LogP contribution in [0, 0.1) is 0 Å². The fraction of sp³-hybridized carbons (Fsp3) is 0.636. The number of nitrogens with two attached hydrogens (primary N) is 1. The average molecular weight is 206 g/mol. The molecular formula is C11H18N4. The molecule has 1 aromatic rings. The Morgan fingerprint density at radius 2 is 2.00 bits per heavy atom. The highest BCUT2D eigenvalue weighted by molar-refractivity contribution is 5.42. The Kier molecular flexibility index (Phi) is 2.75. The first-order valence-corrected chi connectivity index (χ1v) is 5.64. The molecule has 1 saturated carbocycles. The molecule has 1 fully saturated rings. The summed E-state index contributed by atoms with van der Waals surface area (Å²) < 4.78 is 0. The second-order valence-corrected chi connectivity index (χ2v) is 3.96. The summed E-state index contributed by atoms with van der Waals surface area (Å²) in [6.45, 7) is 6.05. The van der Waals surface area contributed by atoms with Crippen molar-refractivity contribution in [2.75, 3.05) is 23.7 Å². The van der Waals surface area contributed by atoms with Gasteiger partial charge in [-0.1, -0.05) is 0 Å². The van der Waals surface area contributed by atoms with E-state index in [4.69, 9.17) is 5.73 Å². The quantitative estimate of drug-likeness (QED) is 0.816. The van der Waals surface area contributed by atoms with Crippen molar-refractivity contribution in [3.63, 3.8) is 0 Å². The highest BCUT2D eigenvalue weighted by Crippen LogP contribution is 2.39. The number of rotatable bonds is 4. The molecule has 0 unspecified atom stereocenters. The monoisotopic (exact) mass is 206 g/mol. The van der Waals surface area contributed by atoms with Crippen molar-refractivity contribution in [3.8, 4) is 0 Å². The van der Waals surface area contributed by atoms with Crippen LogP contribution in [0.1, 0.15) is 38.3 Å². The van der Waals surface area contributed by atoms with Crippen molar-refractivity contribution in [3.05, 3.63) is 11.8 Å². The summed E-state index contributed by atoms with van der Waals surface area (Å²) >= 11 is 0. The summed E-state index contributed by atoms with van der Waals surface area (Å²) in [4.78, 5) is 11.0. The SMILES string of the molecule is CCN(CC)c1nc(N)cc(C2CC2)n1. The molecule has 4 heteroatoms. The van der Waals surface area contributed by atoms with Crippen LogP contribution in [-0.4, -0.2) is 23.1 Å². The van der Waals surface area contributed by atoms with Crippen molar-refractivity contribution >= 4 is 11.8 Å². The first kappa shape index (κ1) is 10.2. The predicted molar refractivity (Wildman–Crippen MR) is 62.0 cm³/mol. The van der Waals surface area contributed by atoms with Gasteiger partial charge < -0.3 is 10.6 Å². The molecule has 0 aromatic carbocycles. The van der Waals surface area contributed by atoms with Gasteiger partial charge in [0.25, 0.3) is 0 Å². The van der Waals surface area contributed by atoms with Gasteiger partial charge in [-0.25, -0.2) is 4.98 Å². The van der Waals surface area contributed by atoms with Gasteiger partial charge in [0.1, 0.15) is 5.82 Å². The Hall–Kier alpha value is -1.32. The van der Waals surface area contributed by atoms with Crippen molar-refractivity contribution in [2.45, 2.75) is 32.6 Å². The maximum absolute atomic E-state index is 5.79. The van der Waals surface area contributed by atoms with Crippen LogP contribution in [0.3, 0.4) is 0 Å². The lowest BCUT2D eigenvalue weighted by Crippen LogP contribution is -2.24. The minimum Gasteiger partial charge on any atom is -0.384 e. The Morgan fingerprint density at radius 1 is 1.33 bits per heavy atom. The van der Waals surface area contributed by atoms with Crippen molar-refractivity contribution in [1.82, 2.24) is 9.97 Å².